The maximum atomic E-state index is 10.6. The number of carbonyl (C=O) groups is 1. The molecule has 1 rings (SSSR count). The van der Waals surface area contributed by atoms with Gasteiger partial charge < -0.3 is 4.90 Å². The van der Waals surface area contributed by atoms with Gasteiger partial charge in [-0.3, -0.25) is 4.79 Å². The van der Waals surface area contributed by atoms with Crippen LogP contribution in [0.1, 0.15) is 33.6 Å². The van der Waals surface area contributed by atoms with E-state index in [4.69, 9.17) is 0 Å². The van der Waals surface area contributed by atoms with Gasteiger partial charge in [-0.15, -0.1) is 11.8 Å². The van der Waals surface area contributed by atoms with E-state index in [0.717, 1.165) is 13.1 Å². The van der Waals surface area contributed by atoms with Crippen LogP contribution in [0.2, 0.25) is 0 Å². The van der Waals surface area contributed by atoms with E-state index in [1.807, 2.05) is 18.7 Å². The second-order valence-corrected chi connectivity index (χ2v) is 2.71. The van der Waals surface area contributed by atoms with Gasteiger partial charge in [0.05, 0.1) is 0 Å². The number of rotatable bonds is 0. The second-order valence-electron chi connectivity index (χ2n) is 2.71. The van der Waals surface area contributed by atoms with E-state index < -0.39 is 0 Å². The Bertz CT molecular complexity index is 176. The number of amides is 1. The average molecular weight is 167 g/mol. The third-order valence-corrected chi connectivity index (χ3v) is 1.80. The van der Waals surface area contributed by atoms with Crippen LogP contribution >= 0.6 is 0 Å². The van der Waals surface area contributed by atoms with Crippen LogP contribution in [0.4, 0.5) is 0 Å². The molecule has 68 valence electrons. The summed E-state index contributed by atoms with van der Waals surface area (Å²) in [6.45, 7) is 7.23. The van der Waals surface area contributed by atoms with Crippen molar-refractivity contribution in [3.8, 4) is 11.8 Å². The number of likely N-dealkylation sites (tertiary alicyclic amines) is 1. The van der Waals surface area contributed by atoms with Crippen molar-refractivity contribution in [2.24, 2.45) is 0 Å². The van der Waals surface area contributed by atoms with Crippen LogP contribution < -0.4 is 0 Å². The van der Waals surface area contributed by atoms with E-state index in [-0.39, 0.29) is 5.91 Å². The summed E-state index contributed by atoms with van der Waals surface area (Å²) in [5, 5.41) is 0. The summed E-state index contributed by atoms with van der Waals surface area (Å²) in [5.41, 5.74) is 0. The SMILES string of the molecule is CC#CC.CC(=O)N1CCCC1. The molecule has 0 spiro atoms. The monoisotopic (exact) mass is 167 g/mol. The molecule has 1 fully saturated rings. The largest absolute Gasteiger partial charge is 0.343 e. The van der Waals surface area contributed by atoms with E-state index in [2.05, 4.69) is 11.8 Å². The van der Waals surface area contributed by atoms with Crippen molar-refractivity contribution in [2.45, 2.75) is 33.6 Å². The molecule has 1 aliphatic heterocycles. The Balaban J connectivity index is 0.000000261. The molecule has 0 aromatic carbocycles. The Labute approximate surface area is 74.9 Å². The molecule has 0 aliphatic carbocycles. The van der Waals surface area contributed by atoms with E-state index >= 15 is 0 Å². The highest BCUT2D eigenvalue weighted by atomic mass is 16.2. The normalized spacial score (nSPS) is 14.1. The molecule has 0 unspecified atom stereocenters. The Kier molecular flexibility index (Phi) is 6.18. The highest BCUT2D eigenvalue weighted by molar-refractivity contribution is 5.73. The molecule has 1 aliphatic rings. The minimum absolute atomic E-state index is 0.225. The molecular formula is C10H17NO. The first-order valence-corrected chi connectivity index (χ1v) is 4.31. The lowest BCUT2D eigenvalue weighted by atomic mass is 10.4. The summed E-state index contributed by atoms with van der Waals surface area (Å²) < 4.78 is 0. The molecule has 0 aromatic rings. The summed E-state index contributed by atoms with van der Waals surface area (Å²) in [6, 6.07) is 0. The molecule has 0 aromatic heterocycles. The molecule has 0 N–H and O–H groups in total. The van der Waals surface area contributed by atoms with Crippen LogP contribution in [0, 0.1) is 11.8 Å². The van der Waals surface area contributed by atoms with Gasteiger partial charge in [0.25, 0.3) is 0 Å². The van der Waals surface area contributed by atoms with Crippen LogP contribution in [-0.2, 0) is 4.79 Å². The molecule has 1 amide bonds. The molecule has 0 bridgehead atoms. The van der Waals surface area contributed by atoms with E-state index in [1.165, 1.54) is 12.8 Å². The molecular weight excluding hydrogens is 150 g/mol. The van der Waals surface area contributed by atoms with Gasteiger partial charge in [-0.1, -0.05) is 0 Å². The van der Waals surface area contributed by atoms with E-state index in [1.54, 1.807) is 6.92 Å². The fourth-order valence-electron chi connectivity index (χ4n) is 1.03. The van der Waals surface area contributed by atoms with Gasteiger partial charge in [0, 0.05) is 20.0 Å². The highest BCUT2D eigenvalue weighted by Gasteiger charge is 2.12. The van der Waals surface area contributed by atoms with Crippen LogP contribution in [0.15, 0.2) is 0 Å². The van der Waals surface area contributed by atoms with Gasteiger partial charge in [0.2, 0.25) is 5.91 Å². The smallest absolute Gasteiger partial charge is 0.219 e. The zero-order chi connectivity index (χ0) is 9.40. The summed E-state index contributed by atoms with van der Waals surface area (Å²) in [6.07, 6.45) is 2.39. The highest BCUT2D eigenvalue weighted by Crippen LogP contribution is 2.05. The van der Waals surface area contributed by atoms with Gasteiger partial charge in [-0.05, 0) is 26.7 Å². The first-order chi connectivity index (χ1) is 5.72. The van der Waals surface area contributed by atoms with Gasteiger partial charge in [-0.2, -0.15) is 0 Å². The topological polar surface area (TPSA) is 20.3 Å². The maximum Gasteiger partial charge on any atom is 0.219 e. The van der Waals surface area contributed by atoms with Crippen molar-refractivity contribution in [3.05, 3.63) is 0 Å². The van der Waals surface area contributed by atoms with E-state index in [0.29, 0.717) is 0 Å². The van der Waals surface area contributed by atoms with Gasteiger partial charge in [-0.25, -0.2) is 0 Å². The minimum Gasteiger partial charge on any atom is -0.343 e. The molecule has 2 nitrogen and oxygen atoms in total. The molecule has 0 radical (unpaired) electrons. The number of carbonyl (C=O) groups excluding carboxylic acids is 1. The predicted molar refractivity (Wildman–Crippen MR) is 50.6 cm³/mol. The Morgan fingerprint density at radius 1 is 1.17 bits per heavy atom. The first kappa shape index (κ1) is 11.0. The number of nitrogens with zero attached hydrogens (tertiary/aromatic N) is 1. The Morgan fingerprint density at radius 2 is 1.58 bits per heavy atom. The lowest BCUT2D eigenvalue weighted by Crippen LogP contribution is -2.24. The lowest BCUT2D eigenvalue weighted by molar-refractivity contribution is -0.127. The summed E-state index contributed by atoms with van der Waals surface area (Å²) in [5.74, 6) is 5.59. The number of hydrogen-bond donors (Lipinski definition) is 0. The van der Waals surface area contributed by atoms with Crippen molar-refractivity contribution >= 4 is 5.91 Å². The summed E-state index contributed by atoms with van der Waals surface area (Å²) in [7, 11) is 0. The van der Waals surface area contributed by atoms with Crippen molar-refractivity contribution in [1.82, 2.24) is 4.90 Å². The van der Waals surface area contributed by atoms with Crippen LogP contribution in [0.3, 0.4) is 0 Å². The quantitative estimate of drug-likeness (QED) is 0.502. The van der Waals surface area contributed by atoms with Crippen molar-refractivity contribution < 1.29 is 4.79 Å². The third kappa shape index (κ3) is 4.79. The summed E-state index contributed by atoms with van der Waals surface area (Å²) >= 11 is 0. The Hall–Kier alpha value is -0.970. The third-order valence-electron chi connectivity index (χ3n) is 1.80. The molecule has 1 saturated heterocycles. The molecule has 2 heteroatoms. The molecule has 0 saturated carbocycles. The zero-order valence-electron chi connectivity index (χ0n) is 8.18. The summed E-state index contributed by atoms with van der Waals surface area (Å²) in [4.78, 5) is 12.5. The van der Waals surface area contributed by atoms with Crippen molar-refractivity contribution in [1.29, 1.82) is 0 Å². The average Bonchev–Trinajstić information content (AvgIpc) is 2.57. The lowest BCUT2D eigenvalue weighted by Gasteiger charge is -2.10. The van der Waals surface area contributed by atoms with Crippen LogP contribution in [0.5, 0.6) is 0 Å². The van der Waals surface area contributed by atoms with Crippen molar-refractivity contribution in [3.63, 3.8) is 0 Å². The Morgan fingerprint density at radius 3 is 1.75 bits per heavy atom. The van der Waals surface area contributed by atoms with Crippen LogP contribution in [-0.4, -0.2) is 23.9 Å². The molecule has 0 atom stereocenters. The molecule has 12 heavy (non-hydrogen) atoms. The fourth-order valence-corrected chi connectivity index (χ4v) is 1.03. The van der Waals surface area contributed by atoms with Gasteiger partial charge in [0.15, 0.2) is 0 Å². The molecule has 1 heterocycles. The van der Waals surface area contributed by atoms with Gasteiger partial charge >= 0.3 is 0 Å². The van der Waals surface area contributed by atoms with Gasteiger partial charge in [0.1, 0.15) is 0 Å². The van der Waals surface area contributed by atoms with Crippen LogP contribution in [0.25, 0.3) is 0 Å². The first-order valence-electron chi connectivity index (χ1n) is 4.31. The standard InChI is InChI=1S/C6H11NO.C4H6/c1-6(8)7-4-2-3-5-7;1-3-4-2/h2-5H2,1H3;1-2H3. The predicted octanol–water partition coefficient (Wildman–Crippen LogP) is 1.66. The maximum absolute atomic E-state index is 10.6. The number of hydrogen-bond acceptors (Lipinski definition) is 1. The second kappa shape index (κ2) is 6.72. The van der Waals surface area contributed by atoms with E-state index in [9.17, 15) is 4.79 Å². The fraction of sp³-hybridized carbons (Fsp3) is 0.700. The zero-order valence-corrected chi connectivity index (χ0v) is 8.18. The minimum atomic E-state index is 0.225. The van der Waals surface area contributed by atoms with Crippen molar-refractivity contribution in [2.75, 3.05) is 13.1 Å².